The summed E-state index contributed by atoms with van der Waals surface area (Å²) in [6.07, 6.45) is 1.76. The number of carbonyl (C=O) groups is 1. The lowest BCUT2D eigenvalue weighted by Crippen LogP contribution is -2.39. The number of carbonyl (C=O) groups excluding carboxylic acids is 1. The van der Waals surface area contributed by atoms with Gasteiger partial charge in [-0.3, -0.25) is 9.69 Å². The van der Waals surface area contributed by atoms with E-state index in [2.05, 4.69) is 33.8 Å². The second-order valence-corrected chi connectivity index (χ2v) is 6.50. The third-order valence-corrected chi connectivity index (χ3v) is 4.58. The van der Waals surface area contributed by atoms with Crippen molar-refractivity contribution in [3.05, 3.63) is 28.2 Å². The highest BCUT2D eigenvalue weighted by Gasteiger charge is 2.25. The maximum Gasteiger partial charge on any atom is 0.309 e. The minimum absolute atomic E-state index is 0. The Hall–Kier alpha value is -0.780. The Morgan fingerprint density at radius 3 is 2.65 bits per heavy atom. The van der Waals surface area contributed by atoms with E-state index in [1.165, 1.54) is 5.56 Å². The third kappa shape index (κ3) is 6.32. The van der Waals surface area contributed by atoms with Crippen LogP contribution in [0.5, 0.6) is 5.75 Å². The van der Waals surface area contributed by atoms with E-state index in [1.807, 2.05) is 19.1 Å². The van der Waals surface area contributed by atoms with Gasteiger partial charge < -0.3 is 9.47 Å². The van der Waals surface area contributed by atoms with E-state index < -0.39 is 0 Å². The Kier molecular flexibility index (Phi) is 8.95. The number of benzene rings is 1. The second kappa shape index (κ2) is 10.2. The fraction of sp³-hybridized carbons (Fsp3) is 0.588. The first kappa shape index (κ1) is 20.3. The van der Waals surface area contributed by atoms with Crippen molar-refractivity contribution in [3.8, 4) is 5.75 Å². The molecule has 1 aromatic carbocycles. The molecule has 0 N–H and O–H groups in total. The highest BCUT2D eigenvalue weighted by atomic mass is 79.9. The van der Waals surface area contributed by atoms with Crippen molar-refractivity contribution in [3.63, 3.8) is 0 Å². The van der Waals surface area contributed by atoms with E-state index in [1.54, 1.807) is 0 Å². The van der Waals surface area contributed by atoms with Crippen LogP contribution in [0.15, 0.2) is 22.7 Å². The molecule has 0 spiro atoms. The number of ether oxygens (including phenoxy) is 2. The van der Waals surface area contributed by atoms with Crippen LogP contribution in [-0.2, 0) is 9.53 Å². The van der Waals surface area contributed by atoms with Crippen molar-refractivity contribution in [2.75, 3.05) is 32.8 Å². The molecular weight excluding hydrogens is 382 g/mol. The molecule has 130 valence electrons. The Bertz CT molecular complexity index is 505. The van der Waals surface area contributed by atoms with E-state index >= 15 is 0 Å². The number of aryl methyl sites for hydroxylation is 1. The Balaban J connectivity index is 0.00000264. The van der Waals surface area contributed by atoms with Gasteiger partial charge in [0.15, 0.2) is 0 Å². The molecule has 1 aliphatic heterocycles. The molecule has 1 fully saturated rings. The molecular formula is C17H25BrClNO3. The zero-order valence-corrected chi connectivity index (χ0v) is 16.1. The molecule has 1 aliphatic rings. The van der Waals surface area contributed by atoms with E-state index in [4.69, 9.17) is 9.47 Å². The first-order valence-electron chi connectivity index (χ1n) is 7.88. The van der Waals surface area contributed by atoms with Crippen LogP contribution in [-0.4, -0.2) is 43.7 Å². The third-order valence-electron chi connectivity index (χ3n) is 3.96. The van der Waals surface area contributed by atoms with Gasteiger partial charge in [-0.2, -0.15) is 0 Å². The van der Waals surface area contributed by atoms with Gasteiger partial charge in [0.25, 0.3) is 0 Å². The molecule has 0 saturated carbocycles. The number of likely N-dealkylation sites (tertiary alicyclic amines) is 1. The van der Waals surface area contributed by atoms with Crippen LogP contribution in [0.3, 0.4) is 0 Å². The van der Waals surface area contributed by atoms with Crippen LogP contribution < -0.4 is 4.74 Å². The number of rotatable bonds is 6. The standard InChI is InChI=1S/C17H24BrNO3.ClH/c1-3-21-17(20)14-6-8-19(9-7-14)10-11-22-16-5-4-13(2)12-15(16)18;/h4-5,12,14H,3,6-11H2,1-2H3;1H. The lowest BCUT2D eigenvalue weighted by atomic mass is 9.97. The Morgan fingerprint density at radius 1 is 1.35 bits per heavy atom. The molecule has 0 aliphatic carbocycles. The first-order valence-corrected chi connectivity index (χ1v) is 8.67. The SMILES string of the molecule is CCOC(=O)C1CCN(CCOc2ccc(C)cc2Br)CC1.Cl. The Labute approximate surface area is 153 Å². The normalized spacial score (nSPS) is 15.8. The lowest BCUT2D eigenvalue weighted by Gasteiger charge is -2.30. The van der Waals surface area contributed by atoms with Gasteiger partial charge in [0.2, 0.25) is 0 Å². The van der Waals surface area contributed by atoms with Crippen molar-refractivity contribution in [1.82, 2.24) is 4.90 Å². The van der Waals surface area contributed by atoms with Crippen LogP contribution in [0, 0.1) is 12.8 Å². The van der Waals surface area contributed by atoms with Gasteiger partial charge in [0.05, 0.1) is 17.0 Å². The van der Waals surface area contributed by atoms with E-state index in [9.17, 15) is 4.79 Å². The van der Waals surface area contributed by atoms with Crippen molar-refractivity contribution in [2.45, 2.75) is 26.7 Å². The average molecular weight is 407 g/mol. The van der Waals surface area contributed by atoms with Gasteiger partial charge in [0.1, 0.15) is 12.4 Å². The summed E-state index contributed by atoms with van der Waals surface area (Å²) in [7, 11) is 0. The van der Waals surface area contributed by atoms with Gasteiger partial charge in [-0.15, -0.1) is 12.4 Å². The monoisotopic (exact) mass is 405 g/mol. The number of esters is 1. The zero-order chi connectivity index (χ0) is 15.9. The number of hydrogen-bond acceptors (Lipinski definition) is 4. The predicted molar refractivity (Wildman–Crippen MR) is 97.4 cm³/mol. The first-order chi connectivity index (χ1) is 10.6. The lowest BCUT2D eigenvalue weighted by molar-refractivity contribution is -0.149. The molecule has 0 atom stereocenters. The van der Waals surface area contributed by atoms with Gasteiger partial charge in [-0.25, -0.2) is 0 Å². The molecule has 0 unspecified atom stereocenters. The van der Waals surface area contributed by atoms with Gasteiger partial charge >= 0.3 is 5.97 Å². The van der Waals surface area contributed by atoms with Crippen LogP contribution >= 0.6 is 28.3 Å². The number of nitrogens with zero attached hydrogens (tertiary/aromatic N) is 1. The minimum Gasteiger partial charge on any atom is -0.491 e. The van der Waals surface area contributed by atoms with Crippen LogP contribution in [0.2, 0.25) is 0 Å². The topological polar surface area (TPSA) is 38.8 Å². The predicted octanol–water partition coefficient (Wildman–Crippen LogP) is 3.83. The summed E-state index contributed by atoms with van der Waals surface area (Å²) >= 11 is 3.52. The fourth-order valence-corrected chi connectivity index (χ4v) is 3.27. The summed E-state index contributed by atoms with van der Waals surface area (Å²) in [5, 5.41) is 0. The van der Waals surface area contributed by atoms with Gasteiger partial charge in [0, 0.05) is 6.54 Å². The van der Waals surface area contributed by atoms with E-state index in [0.29, 0.717) is 13.2 Å². The average Bonchev–Trinajstić information content (AvgIpc) is 2.50. The maximum atomic E-state index is 11.7. The van der Waals surface area contributed by atoms with Crippen molar-refractivity contribution >= 4 is 34.3 Å². The van der Waals surface area contributed by atoms with Crippen LogP contribution in [0.1, 0.15) is 25.3 Å². The van der Waals surface area contributed by atoms with Gasteiger partial charge in [-0.1, -0.05) is 6.07 Å². The van der Waals surface area contributed by atoms with E-state index in [0.717, 1.165) is 42.7 Å². The van der Waals surface area contributed by atoms with Crippen molar-refractivity contribution < 1.29 is 14.3 Å². The van der Waals surface area contributed by atoms with Crippen molar-refractivity contribution in [2.24, 2.45) is 5.92 Å². The second-order valence-electron chi connectivity index (χ2n) is 5.65. The molecule has 1 aromatic rings. The largest absolute Gasteiger partial charge is 0.491 e. The summed E-state index contributed by atoms with van der Waals surface area (Å²) in [5.74, 6) is 0.914. The molecule has 2 rings (SSSR count). The zero-order valence-electron chi connectivity index (χ0n) is 13.7. The molecule has 1 saturated heterocycles. The highest BCUT2D eigenvalue weighted by molar-refractivity contribution is 9.10. The van der Waals surface area contributed by atoms with Crippen molar-refractivity contribution in [1.29, 1.82) is 0 Å². The van der Waals surface area contributed by atoms with Crippen LogP contribution in [0.4, 0.5) is 0 Å². The summed E-state index contributed by atoms with van der Waals surface area (Å²) in [6, 6.07) is 6.09. The molecule has 0 radical (unpaired) electrons. The molecule has 1 heterocycles. The minimum atomic E-state index is -0.0398. The number of halogens is 2. The van der Waals surface area contributed by atoms with Crippen LogP contribution in [0.25, 0.3) is 0 Å². The molecule has 23 heavy (non-hydrogen) atoms. The molecule has 0 aromatic heterocycles. The fourth-order valence-electron chi connectivity index (χ4n) is 2.66. The number of hydrogen-bond donors (Lipinski definition) is 0. The summed E-state index contributed by atoms with van der Waals surface area (Å²) in [5.41, 5.74) is 1.21. The molecule has 0 amide bonds. The smallest absolute Gasteiger partial charge is 0.309 e. The van der Waals surface area contributed by atoms with Gasteiger partial charge in [-0.05, 0) is 73.4 Å². The summed E-state index contributed by atoms with van der Waals surface area (Å²) < 4.78 is 11.9. The van der Waals surface area contributed by atoms with E-state index in [-0.39, 0.29) is 24.3 Å². The molecule has 0 bridgehead atoms. The number of piperidine rings is 1. The Morgan fingerprint density at radius 2 is 2.04 bits per heavy atom. The maximum absolute atomic E-state index is 11.7. The molecule has 6 heteroatoms. The highest BCUT2D eigenvalue weighted by Crippen LogP contribution is 2.26. The quantitative estimate of drug-likeness (QED) is 0.673. The summed E-state index contributed by atoms with van der Waals surface area (Å²) in [6.45, 7) is 7.79. The molecule has 4 nitrogen and oxygen atoms in total. The summed E-state index contributed by atoms with van der Waals surface area (Å²) in [4.78, 5) is 14.0.